The van der Waals surface area contributed by atoms with Crippen LogP contribution in [0.2, 0.25) is 0 Å². The predicted octanol–water partition coefficient (Wildman–Crippen LogP) is 2.59. The van der Waals surface area contributed by atoms with Crippen LogP contribution in [0.4, 0.5) is 13.2 Å². The number of halogens is 3. The van der Waals surface area contributed by atoms with Gasteiger partial charge in [0.1, 0.15) is 0 Å². The molecule has 160 valence electrons. The van der Waals surface area contributed by atoms with Gasteiger partial charge in [-0.3, -0.25) is 9.69 Å². The zero-order chi connectivity index (χ0) is 21.2. The molecule has 2 aliphatic carbocycles. The number of allylic oxidation sites excluding steroid dienone is 2. The minimum atomic E-state index is -5.08. The van der Waals surface area contributed by atoms with Crippen molar-refractivity contribution in [2.45, 2.75) is 25.9 Å². The lowest BCUT2D eigenvalue weighted by Gasteiger charge is -2.36. The van der Waals surface area contributed by atoms with Gasteiger partial charge < -0.3 is 14.4 Å². The molecule has 0 aromatic carbocycles. The van der Waals surface area contributed by atoms with E-state index in [1.54, 1.807) is 0 Å². The Hall–Kier alpha value is -2.36. The van der Waals surface area contributed by atoms with Gasteiger partial charge in [-0.2, -0.15) is 13.2 Å². The van der Waals surface area contributed by atoms with Crippen molar-refractivity contribution >= 4 is 11.9 Å². The van der Waals surface area contributed by atoms with Gasteiger partial charge in [0.25, 0.3) is 5.91 Å². The highest BCUT2D eigenvalue weighted by atomic mass is 19.4. The van der Waals surface area contributed by atoms with Gasteiger partial charge in [0.05, 0.1) is 5.69 Å². The third-order valence-electron chi connectivity index (χ3n) is 5.75. The number of carbonyl (C=O) groups excluding carboxylic acids is 1. The molecule has 1 aliphatic heterocycles. The molecule has 1 aromatic rings. The molecule has 1 saturated heterocycles. The number of hydrogen-bond acceptors (Lipinski definition) is 5. The summed E-state index contributed by atoms with van der Waals surface area (Å²) in [6, 6.07) is 0. The summed E-state index contributed by atoms with van der Waals surface area (Å²) in [5.41, 5.74) is 0.682. The number of aromatic nitrogens is 1. The first-order valence-corrected chi connectivity index (χ1v) is 9.55. The van der Waals surface area contributed by atoms with Crippen LogP contribution < -0.4 is 0 Å². The first-order valence-electron chi connectivity index (χ1n) is 9.55. The number of amides is 1. The lowest BCUT2D eigenvalue weighted by atomic mass is 9.93. The van der Waals surface area contributed by atoms with E-state index in [0.29, 0.717) is 11.5 Å². The molecule has 2 bridgehead atoms. The fraction of sp³-hybridized carbons (Fsp3) is 0.632. The Morgan fingerprint density at radius 3 is 2.31 bits per heavy atom. The number of oxazole rings is 1. The second-order valence-electron chi connectivity index (χ2n) is 7.70. The number of carbonyl (C=O) groups is 2. The van der Waals surface area contributed by atoms with E-state index < -0.39 is 12.1 Å². The number of hydrogen-bond donors (Lipinski definition) is 1. The molecule has 1 saturated carbocycles. The number of fused-ring (bicyclic) bond motifs is 2. The van der Waals surface area contributed by atoms with E-state index in [1.807, 2.05) is 11.8 Å². The topological polar surface area (TPSA) is 86.9 Å². The molecule has 1 amide bonds. The number of carboxylic acids is 1. The van der Waals surface area contributed by atoms with Crippen LogP contribution in [0.5, 0.6) is 0 Å². The average molecular weight is 415 g/mol. The zero-order valence-electron chi connectivity index (χ0n) is 16.1. The van der Waals surface area contributed by atoms with Gasteiger partial charge in [-0.05, 0) is 37.5 Å². The van der Waals surface area contributed by atoms with E-state index in [9.17, 15) is 18.0 Å². The van der Waals surface area contributed by atoms with Crippen molar-refractivity contribution in [3.63, 3.8) is 0 Å². The maximum absolute atomic E-state index is 12.4. The zero-order valence-corrected chi connectivity index (χ0v) is 16.1. The van der Waals surface area contributed by atoms with Gasteiger partial charge in [0.2, 0.25) is 5.76 Å². The number of piperazine rings is 1. The predicted molar refractivity (Wildman–Crippen MR) is 96.1 cm³/mol. The fourth-order valence-electron chi connectivity index (χ4n) is 4.22. The maximum Gasteiger partial charge on any atom is 0.490 e. The Balaban J connectivity index is 0.000000298. The van der Waals surface area contributed by atoms with Crippen LogP contribution >= 0.6 is 0 Å². The fourth-order valence-corrected chi connectivity index (χ4v) is 4.22. The van der Waals surface area contributed by atoms with Gasteiger partial charge in [0, 0.05) is 32.7 Å². The van der Waals surface area contributed by atoms with Crippen LogP contribution in [0.3, 0.4) is 0 Å². The first kappa shape index (κ1) is 21.4. The number of nitrogens with zero attached hydrogens (tertiary/aromatic N) is 3. The van der Waals surface area contributed by atoms with Gasteiger partial charge in [-0.1, -0.05) is 12.2 Å². The molecule has 4 rings (SSSR count). The third-order valence-corrected chi connectivity index (χ3v) is 5.75. The first-order chi connectivity index (χ1) is 13.6. The molecule has 7 nitrogen and oxygen atoms in total. The summed E-state index contributed by atoms with van der Waals surface area (Å²) >= 11 is 0. The normalized spacial score (nSPS) is 26.3. The minimum Gasteiger partial charge on any atom is -0.475 e. The van der Waals surface area contributed by atoms with E-state index >= 15 is 0 Å². The molecular weight excluding hydrogens is 391 g/mol. The summed E-state index contributed by atoms with van der Waals surface area (Å²) < 4.78 is 37.0. The lowest BCUT2D eigenvalue weighted by molar-refractivity contribution is -0.192. The molecule has 10 heteroatoms. The molecule has 3 aliphatic rings. The summed E-state index contributed by atoms with van der Waals surface area (Å²) in [4.78, 5) is 29.7. The molecule has 2 heterocycles. The molecule has 3 atom stereocenters. The number of alkyl halides is 3. The number of rotatable bonds is 3. The summed E-state index contributed by atoms with van der Waals surface area (Å²) in [5, 5.41) is 7.12. The van der Waals surface area contributed by atoms with E-state index in [1.165, 1.54) is 25.8 Å². The van der Waals surface area contributed by atoms with Gasteiger partial charge in [-0.25, -0.2) is 9.78 Å². The smallest absolute Gasteiger partial charge is 0.475 e. The summed E-state index contributed by atoms with van der Waals surface area (Å²) in [6.07, 6.45) is 3.82. The largest absolute Gasteiger partial charge is 0.490 e. The van der Waals surface area contributed by atoms with Crippen molar-refractivity contribution in [2.24, 2.45) is 17.8 Å². The highest BCUT2D eigenvalue weighted by Crippen LogP contribution is 2.43. The van der Waals surface area contributed by atoms with Gasteiger partial charge in [-0.15, -0.1) is 0 Å². The Morgan fingerprint density at radius 1 is 1.21 bits per heavy atom. The van der Waals surface area contributed by atoms with Crippen molar-refractivity contribution in [2.75, 3.05) is 32.7 Å². The number of aryl methyl sites for hydroxylation is 1. The van der Waals surface area contributed by atoms with E-state index in [0.717, 1.165) is 43.9 Å². The third kappa shape index (κ3) is 5.17. The van der Waals surface area contributed by atoms with Crippen LogP contribution in [-0.2, 0) is 4.79 Å². The van der Waals surface area contributed by atoms with E-state index in [2.05, 4.69) is 22.0 Å². The second-order valence-corrected chi connectivity index (χ2v) is 7.70. The highest BCUT2D eigenvalue weighted by molar-refractivity contribution is 5.92. The molecule has 2 fully saturated rings. The Kier molecular flexibility index (Phi) is 6.30. The summed E-state index contributed by atoms with van der Waals surface area (Å²) in [5.74, 6) is 0.0965. The van der Waals surface area contributed by atoms with Crippen LogP contribution in [0.1, 0.15) is 29.1 Å². The highest BCUT2D eigenvalue weighted by Gasteiger charge is 2.38. The van der Waals surface area contributed by atoms with Crippen LogP contribution in [0.15, 0.2) is 23.0 Å². The second kappa shape index (κ2) is 8.56. The molecule has 1 unspecified atom stereocenters. The molecule has 29 heavy (non-hydrogen) atoms. The monoisotopic (exact) mass is 415 g/mol. The van der Waals surface area contributed by atoms with Crippen LogP contribution in [-0.4, -0.2) is 70.7 Å². The van der Waals surface area contributed by atoms with E-state index in [-0.39, 0.29) is 5.91 Å². The lowest BCUT2D eigenvalue weighted by Crippen LogP contribution is -2.50. The quantitative estimate of drug-likeness (QED) is 0.764. The Labute approximate surface area is 166 Å². The summed E-state index contributed by atoms with van der Waals surface area (Å²) in [7, 11) is 0. The van der Waals surface area contributed by atoms with Gasteiger partial charge >= 0.3 is 12.1 Å². The summed E-state index contributed by atoms with van der Waals surface area (Å²) in [6.45, 7) is 6.52. The molecular formula is C19H24F3N3O4. The minimum absolute atomic E-state index is 0.0162. The molecule has 1 N–H and O–H groups in total. The Bertz CT molecular complexity index is 769. The SMILES string of the molecule is Cc1ncoc1C(=O)N1CCN(CC2C[C@@H]3C=C[C@H]2C3)CC1.O=C(O)C(F)(F)F. The number of carboxylic acid groups (broad SMARTS) is 1. The average Bonchev–Trinajstić information content (AvgIpc) is 3.38. The van der Waals surface area contributed by atoms with E-state index in [4.69, 9.17) is 14.3 Å². The van der Waals surface area contributed by atoms with Crippen molar-refractivity contribution < 1.29 is 32.3 Å². The van der Waals surface area contributed by atoms with Crippen molar-refractivity contribution in [1.82, 2.24) is 14.8 Å². The molecule has 1 aromatic heterocycles. The molecule has 0 spiro atoms. The number of aliphatic carboxylic acids is 1. The van der Waals surface area contributed by atoms with Gasteiger partial charge in [0.15, 0.2) is 6.39 Å². The van der Waals surface area contributed by atoms with Crippen molar-refractivity contribution in [3.8, 4) is 0 Å². The standard InChI is InChI=1S/C17H23N3O2.C2HF3O2/c1-12-16(22-11-18-12)17(21)20-6-4-19(5-7-20)10-15-9-13-2-3-14(15)8-13;3-2(4,5)1(6)7/h2-3,11,13-15H,4-10H2,1H3;(H,6,7)/t13-,14+,15?;/m1./s1. The van der Waals surface area contributed by atoms with Crippen LogP contribution in [0.25, 0.3) is 0 Å². The molecule has 0 radical (unpaired) electrons. The van der Waals surface area contributed by atoms with Crippen molar-refractivity contribution in [3.05, 3.63) is 30.0 Å². The van der Waals surface area contributed by atoms with Crippen molar-refractivity contribution in [1.29, 1.82) is 0 Å². The Morgan fingerprint density at radius 2 is 1.86 bits per heavy atom. The maximum atomic E-state index is 12.4. The van der Waals surface area contributed by atoms with Crippen LogP contribution in [0, 0.1) is 24.7 Å².